The van der Waals surface area contributed by atoms with Gasteiger partial charge < -0.3 is 9.84 Å². The summed E-state index contributed by atoms with van der Waals surface area (Å²) in [4.78, 5) is 11.3. The number of hydrogen-bond acceptors (Lipinski definition) is 4. The van der Waals surface area contributed by atoms with Crippen LogP contribution in [0.15, 0.2) is 24.4 Å². The van der Waals surface area contributed by atoms with E-state index in [9.17, 15) is 23.1 Å². The van der Waals surface area contributed by atoms with E-state index in [1.165, 1.54) is 16.2 Å². The van der Waals surface area contributed by atoms with Crippen molar-refractivity contribution in [1.82, 2.24) is 5.01 Å². The zero-order valence-electron chi connectivity index (χ0n) is 11.3. The van der Waals surface area contributed by atoms with Crippen molar-refractivity contribution in [2.24, 2.45) is 0 Å². The van der Waals surface area contributed by atoms with Gasteiger partial charge in [0.25, 0.3) is 0 Å². The molecule has 0 amide bonds. The van der Waals surface area contributed by atoms with Crippen LogP contribution in [0.1, 0.15) is 5.56 Å². The van der Waals surface area contributed by atoms with E-state index in [2.05, 4.69) is 6.58 Å². The van der Waals surface area contributed by atoms with Crippen LogP contribution in [0.4, 0.5) is 18.9 Å². The fourth-order valence-corrected chi connectivity index (χ4v) is 2.47. The number of alkyl halides is 1. The lowest BCUT2D eigenvalue weighted by atomic mass is 9.94. The summed E-state index contributed by atoms with van der Waals surface area (Å²) in [5, 5.41) is 11.8. The highest BCUT2D eigenvalue weighted by molar-refractivity contribution is 6.09. The minimum absolute atomic E-state index is 0.0320. The number of rotatable bonds is 3. The standard InChI is InChI=1S/C14H11F3N2O3/c1-7-8-4-10(16)11(17)13-12(8)19(5-9(7)14(20)21)18(3-2-15)6-22-13/h4-5H,1-3,6H2,(H,20,21). The highest BCUT2D eigenvalue weighted by Crippen LogP contribution is 2.47. The molecule has 0 saturated carbocycles. The van der Waals surface area contributed by atoms with Gasteiger partial charge in [-0.3, -0.25) is 5.01 Å². The first-order chi connectivity index (χ1) is 10.5. The van der Waals surface area contributed by atoms with Gasteiger partial charge in [-0.15, -0.1) is 0 Å². The molecule has 2 aliphatic heterocycles. The number of hydrazine groups is 1. The predicted octanol–water partition coefficient (Wildman–Crippen LogP) is 2.30. The summed E-state index contributed by atoms with van der Waals surface area (Å²) in [7, 11) is 0. The van der Waals surface area contributed by atoms with Crippen LogP contribution in [0.5, 0.6) is 5.75 Å². The summed E-state index contributed by atoms with van der Waals surface area (Å²) < 4.78 is 45.4. The molecule has 22 heavy (non-hydrogen) atoms. The second-order valence-corrected chi connectivity index (χ2v) is 4.76. The Kier molecular flexibility index (Phi) is 3.32. The second kappa shape index (κ2) is 5.06. The van der Waals surface area contributed by atoms with Gasteiger partial charge in [-0.2, -0.15) is 9.40 Å². The fourth-order valence-electron chi connectivity index (χ4n) is 2.47. The maximum atomic E-state index is 13.9. The fraction of sp³-hybridized carbons (Fsp3) is 0.214. The number of halogens is 3. The maximum absolute atomic E-state index is 13.9. The van der Waals surface area contributed by atoms with E-state index in [0.717, 1.165) is 6.07 Å². The van der Waals surface area contributed by atoms with Crippen LogP contribution in [0.25, 0.3) is 5.57 Å². The van der Waals surface area contributed by atoms with Crippen LogP contribution in [0.2, 0.25) is 0 Å². The lowest BCUT2D eigenvalue weighted by molar-refractivity contribution is -0.132. The van der Waals surface area contributed by atoms with E-state index in [-0.39, 0.29) is 41.4 Å². The van der Waals surface area contributed by atoms with Gasteiger partial charge in [-0.05, 0) is 11.6 Å². The molecule has 0 saturated heterocycles. The molecule has 0 atom stereocenters. The van der Waals surface area contributed by atoms with Crippen molar-refractivity contribution in [3.05, 3.63) is 41.6 Å². The van der Waals surface area contributed by atoms with Crippen LogP contribution >= 0.6 is 0 Å². The third kappa shape index (κ3) is 1.95. The first-order valence-electron chi connectivity index (χ1n) is 6.35. The zero-order valence-corrected chi connectivity index (χ0v) is 11.3. The summed E-state index contributed by atoms with van der Waals surface area (Å²) in [5.74, 6) is -3.95. The molecule has 8 heteroatoms. The third-order valence-corrected chi connectivity index (χ3v) is 3.52. The van der Waals surface area contributed by atoms with E-state index >= 15 is 0 Å². The van der Waals surface area contributed by atoms with Crippen molar-refractivity contribution in [3.8, 4) is 5.75 Å². The minimum atomic E-state index is -1.27. The number of aliphatic carboxylic acids is 1. The quantitative estimate of drug-likeness (QED) is 0.928. The Bertz CT molecular complexity index is 718. The van der Waals surface area contributed by atoms with Gasteiger partial charge in [-0.1, -0.05) is 6.58 Å². The minimum Gasteiger partial charge on any atom is -0.478 e. The van der Waals surface area contributed by atoms with Gasteiger partial charge in [0.1, 0.15) is 12.4 Å². The number of ether oxygens (including phenoxy) is 1. The molecule has 5 nitrogen and oxygen atoms in total. The van der Waals surface area contributed by atoms with Crippen LogP contribution in [0.3, 0.4) is 0 Å². The molecular formula is C14H11F3N2O3. The molecule has 0 bridgehead atoms. The molecule has 2 heterocycles. The predicted molar refractivity (Wildman–Crippen MR) is 71.8 cm³/mol. The lowest BCUT2D eigenvalue weighted by Gasteiger charge is -2.42. The summed E-state index contributed by atoms with van der Waals surface area (Å²) >= 11 is 0. The van der Waals surface area contributed by atoms with Crippen molar-refractivity contribution in [1.29, 1.82) is 0 Å². The molecule has 0 aromatic heterocycles. The Hall–Kier alpha value is -2.48. The van der Waals surface area contributed by atoms with Gasteiger partial charge in [-0.25, -0.2) is 13.6 Å². The Morgan fingerprint density at radius 2 is 2.18 bits per heavy atom. The Morgan fingerprint density at radius 1 is 1.45 bits per heavy atom. The van der Waals surface area contributed by atoms with Crippen molar-refractivity contribution < 1.29 is 27.8 Å². The largest absolute Gasteiger partial charge is 0.478 e. The summed E-state index contributed by atoms with van der Waals surface area (Å²) in [5.41, 5.74) is 0.0609. The Morgan fingerprint density at radius 3 is 2.82 bits per heavy atom. The van der Waals surface area contributed by atoms with Gasteiger partial charge >= 0.3 is 5.97 Å². The first-order valence-corrected chi connectivity index (χ1v) is 6.35. The molecule has 1 aromatic rings. The highest BCUT2D eigenvalue weighted by atomic mass is 19.2. The smallest absolute Gasteiger partial charge is 0.337 e. The van der Waals surface area contributed by atoms with Crippen LogP contribution in [-0.2, 0) is 4.79 Å². The average molecular weight is 312 g/mol. The van der Waals surface area contributed by atoms with Gasteiger partial charge in [0.05, 0.1) is 12.1 Å². The summed E-state index contributed by atoms with van der Waals surface area (Å²) in [6, 6.07) is 0.863. The van der Waals surface area contributed by atoms with Crippen molar-refractivity contribution in [2.75, 3.05) is 25.0 Å². The normalized spacial score (nSPS) is 17.0. The number of nitrogens with zero attached hydrogens (tertiary/aromatic N) is 2. The molecule has 2 aliphatic rings. The molecule has 1 N–H and O–H groups in total. The molecule has 0 radical (unpaired) electrons. The monoisotopic (exact) mass is 312 g/mol. The number of anilines is 1. The van der Waals surface area contributed by atoms with E-state index in [4.69, 9.17) is 4.74 Å². The number of hydrogen-bond donors (Lipinski definition) is 1. The maximum Gasteiger partial charge on any atom is 0.337 e. The van der Waals surface area contributed by atoms with Crippen molar-refractivity contribution in [2.45, 2.75) is 0 Å². The number of benzene rings is 1. The molecular weight excluding hydrogens is 301 g/mol. The van der Waals surface area contributed by atoms with Crippen LogP contribution in [0, 0.1) is 11.6 Å². The molecule has 0 aliphatic carbocycles. The van der Waals surface area contributed by atoms with Crippen LogP contribution < -0.4 is 9.75 Å². The Labute approximate surface area is 123 Å². The van der Waals surface area contributed by atoms with E-state index < -0.39 is 24.3 Å². The van der Waals surface area contributed by atoms with Gasteiger partial charge in [0, 0.05) is 11.8 Å². The SMILES string of the molecule is C=C1C(C(=O)O)=CN2c3c1cc(F)c(F)c3OCN2CCF. The molecule has 0 spiro atoms. The topological polar surface area (TPSA) is 53.0 Å². The van der Waals surface area contributed by atoms with E-state index in [1.807, 2.05) is 0 Å². The summed E-state index contributed by atoms with van der Waals surface area (Å²) in [6.45, 7) is 2.58. The number of carboxylic acid groups (broad SMARTS) is 1. The average Bonchev–Trinajstić information content (AvgIpc) is 2.48. The van der Waals surface area contributed by atoms with E-state index in [1.54, 1.807) is 0 Å². The Balaban J connectivity index is 2.24. The van der Waals surface area contributed by atoms with Gasteiger partial charge in [0.2, 0.25) is 5.82 Å². The highest BCUT2D eigenvalue weighted by Gasteiger charge is 2.36. The van der Waals surface area contributed by atoms with E-state index in [0.29, 0.717) is 0 Å². The molecule has 0 fully saturated rings. The summed E-state index contributed by atoms with van der Waals surface area (Å²) in [6.07, 6.45) is 1.20. The van der Waals surface area contributed by atoms with Crippen molar-refractivity contribution in [3.63, 3.8) is 0 Å². The molecule has 3 rings (SSSR count). The molecule has 0 unspecified atom stereocenters. The number of carboxylic acids is 1. The number of carbonyl (C=O) groups is 1. The second-order valence-electron chi connectivity index (χ2n) is 4.76. The van der Waals surface area contributed by atoms with Crippen molar-refractivity contribution >= 4 is 17.2 Å². The van der Waals surface area contributed by atoms with Gasteiger partial charge in [0.15, 0.2) is 18.3 Å². The van der Waals surface area contributed by atoms with Crippen LogP contribution in [-0.4, -0.2) is 36.0 Å². The third-order valence-electron chi connectivity index (χ3n) is 3.52. The first kappa shape index (κ1) is 14.5. The molecule has 1 aromatic carbocycles. The lowest BCUT2D eigenvalue weighted by Crippen LogP contribution is -2.48. The molecule has 116 valence electrons. The zero-order chi connectivity index (χ0) is 16.0.